The summed E-state index contributed by atoms with van der Waals surface area (Å²) in [5.74, 6) is -1.06. The summed E-state index contributed by atoms with van der Waals surface area (Å²) in [6.45, 7) is 0.0962. The highest BCUT2D eigenvalue weighted by atomic mass is 35.5. The number of carboxylic acids is 1. The van der Waals surface area contributed by atoms with Gasteiger partial charge in [-0.3, -0.25) is 14.4 Å². The van der Waals surface area contributed by atoms with Gasteiger partial charge in [0, 0.05) is 43.0 Å². The van der Waals surface area contributed by atoms with E-state index in [0.29, 0.717) is 25.9 Å². The standard InChI is InChI=1S/C22H25ClF3N5O5S/c1-37(35,36)28-19-4-5-31(27-19)21(34)30-9-13-7-17(8-14(13)10-30)29(12-20(32)33)11-15-6-16(23)2-3-18(15)22(24,25)26/h2-6,13-14,17H,7-12H2,1H3,(H,27,28)(H,32,33)/t13-,14+,17?. The van der Waals surface area contributed by atoms with Crippen LogP contribution in [0.3, 0.4) is 0 Å². The first kappa shape index (κ1) is 27.2. The average molecular weight is 564 g/mol. The Bertz CT molecular complexity index is 1290. The number of sulfonamides is 1. The molecule has 2 aliphatic rings. The first-order valence-electron chi connectivity index (χ1n) is 11.3. The molecule has 1 saturated carbocycles. The summed E-state index contributed by atoms with van der Waals surface area (Å²) in [6.07, 6.45) is -1.25. The Balaban J connectivity index is 1.44. The fraction of sp³-hybridized carbons (Fsp3) is 0.500. The molecule has 10 nitrogen and oxygen atoms in total. The number of likely N-dealkylation sites (tertiary alicyclic amines) is 1. The van der Waals surface area contributed by atoms with Crippen LogP contribution in [0, 0.1) is 11.8 Å². The number of aromatic nitrogens is 2. The van der Waals surface area contributed by atoms with Crippen molar-refractivity contribution in [3.05, 3.63) is 46.6 Å². The third-order valence-corrected chi connectivity index (χ3v) is 7.49. The Morgan fingerprint density at radius 1 is 1.22 bits per heavy atom. The number of amides is 1. The van der Waals surface area contributed by atoms with E-state index in [0.717, 1.165) is 23.1 Å². The molecular formula is C22H25ClF3N5O5S. The van der Waals surface area contributed by atoms with Crippen molar-refractivity contribution >= 4 is 39.4 Å². The van der Waals surface area contributed by atoms with Gasteiger partial charge in [-0.05, 0) is 48.4 Å². The molecule has 2 fully saturated rings. The van der Waals surface area contributed by atoms with Crippen LogP contribution in [0.25, 0.3) is 0 Å². The monoisotopic (exact) mass is 563 g/mol. The number of halogens is 4. The number of aliphatic carboxylic acids is 1. The lowest BCUT2D eigenvalue weighted by Gasteiger charge is -2.30. The van der Waals surface area contributed by atoms with Gasteiger partial charge >= 0.3 is 18.2 Å². The zero-order valence-electron chi connectivity index (χ0n) is 19.7. The molecule has 2 N–H and O–H groups in total. The molecule has 1 aliphatic heterocycles. The summed E-state index contributed by atoms with van der Waals surface area (Å²) >= 11 is 5.94. The summed E-state index contributed by atoms with van der Waals surface area (Å²) in [5, 5.41) is 13.5. The van der Waals surface area contributed by atoms with E-state index >= 15 is 0 Å². The second kappa shape index (κ2) is 10.1. The van der Waals surface area contributed by atoms with Gasteiger partial charge in [0.25, 0.3) is 0 Å². The first-order valence-corrected chi connectivity index (χ1v) is 13.6. The van der Waals surface area contributed by atoms with Crippen molar-refractivity contribution in [3.63, 3.8) is 0 Å². The molecule has 2 heterocycles. The lowest BCUT2D eigenvalue weighted by Crippen LogP contribution is -2.40. The zero-order valence-corrected chi connectivity index (χ0v) is 21.2. The van der Waals surface area contributed by atoms with Crippen LogP contribution in [0.1, 0.15) is 24.0 Å². The van der Waals surface area contributed by atoms with Gasteiger partial charge in [-0.25, -0.2) is 13.2 Å². The summed E-state index contributed by atoms with van der Waals surface area (Å²) < 4.78 is 66.6. The quantitative estimate of drug-likeness (QED) is 0.530. The number of nitrogens with zero attached hydrogens (tertiary/aromatic N) is 4. The predicted molar refractivity (Wildman–Crippen MR) is 128 cm³/mol. The van der Waals surface area contributed by atoms with E-state index in [1.165, 1.54) is 23.2 Å². The number of carboxylic acid groups (broad SMARTS) is 1. The van der Waals surface area contributed by atoms with Gasteiger partial charge in [-0.1, -0.05) is 11.6 Å². The van der Waals surface area contributed by atoms with Crippen LogP contribution in [-0.4, -0.2) is 77.0 Å². The fourth-order valence-electron chi connectivity index (χ4n) is 5.22. The van der Waals surface area contributed by atoms with E-state index in [2.05, 4.69) is 9.82 Å². The number of alkyl halides is 3. The average Bonchev–Trinajstić information content (AvgIpc) is 3.45. The van der Waals surface area contributed by atoms with Crippen LogP contribution < -0.4 is 4.72 Å². The molecule has 1 aromatic heterocycles. The Hall–Kier alpha value is -2.84. The molecule has 0 radical (unpaired) electrons. The molecular weight excluding hydrogens is 539 g/mol. The number of nitrogens with one attached hydrogen (secondary N) is 1. The van der Waals surface area contributed by atoms with Crippen molar-refractivity contribution in [1.82, 2.24) is 19.6 Å². The zero-order chi connectivity index (χ0) is 27.1. The SMILES string of the molecule is CS(=O)(=O)Nc1ccn(C(=O)N2C[C@H]3CC(N(CC(=O)O)Cc4cc(Cl)ccc4C(F)(F)F)C[C@H]3C2)n1. The lowest BCUT2D eigenvalue weighted by atomic mass is 10.0. The molecule has 0 spiro atoms. The Morgan fingerprint density at radius 2 is 1.86 bits per heavy atom. The number of hydrogen-bond donors (Lipinski definition) is 2. The summed E-state index contributed by atoms with van der Waals surface area (Å²) in [5.41, 5.74) is -0.946. The minimum Gasteiger partial charge on any atom is -0.480 e. The minimum atomic E-state index is -4.61. The highest BCUT2D eigenvalue weighted by Crippen LogP contribution is 2.41. The van der Waals surface area contributed by atoms with Gasteiger partial charge in [0.15, 0.2) is 5.82 Å². The van der Waals surface area contributed by atoms with E-state index < -0.39 is 40.3 Å². The van der Waals surface area contributed by atoms with Gasteiger partial charge in [0.2, 0.25) is 10.0 Å². The number of anilines is 1. The molecule has 202 valence electrons. The number of fused-ring (bicyclic) bond motifs is 1. The molecule has 1 saturated heterocycles. The predicted octanol–water partition coefficient (Wildman–Crippen LogP) is 3.19. The molecule has 15 heteroatoms. The van der Waals surface area contributed by atoms with Gasteiger partial charge in [0.1, 0.15) is 0 Å². The lowest BCUT2D eigenvalue weighted by molar-refractivity contribution is -0.139. The molecule has 37 heavy (non-hydrogen) atoms. The van der Waals surface area contributed by atoms with Crippen molar-refractivity contribution in [2.75, 3.05) is 30.6 Å². The topological polar surface area (TPSA) is 125 Å². The Morgan fingerprint density at radius 3 is 2.43 bits per heavy atom. The van der Waals surface area contributed by atoms with E-state index in [1.807, 2.05) is 0 Å². The number of rotatable bonds is 7. The van der Waals surface area contributed by atoms with E-state index in [-0.39, 0.29) is 40.8 Å². The largest absolute Gasteiger partial charge is 0.480 e. The highest BCUT2D eigenvalue weighted by molar-refractivity contribution is 7.92. The van der Waals surface area contributed by atoms with Gasteiger partial charge in [0.05, 0.1) is 18.4 Å². The van der Waals surface area contributed by atoms with Crippen LogP contribution in [0.15, 0.2) is 30.5 Å². The first-order chi connectivity index (χ1) is 17.2. The van der Waals surface area contributed by atoms with Gasteiger partial charge < -0.3 is 10.0 Å². The van der Waals surface area contributed by atoms with E-state index in [1.54, 1.807) is 4.90 Å². The minimum absolute atomic E-state index is 0.0128. The summed E-state index contributed by atoms with van der Waals surface area (Å²) in [6, 6.07) is 3.92. The van der Waals surface area contributed by atoms with E-state index in [9.17, 15) is 36.3 Å². The summed E-state index contributed by atoms with van der Waals surface area (Å²) in [7, 11) is -3.55. The molecule has 2 aromatic rings. The number of carbonyl (C=O) groups is 2. The van der Waals surface area contributed by atoms with Crippen molar-refractivity contribution in [2.24, 2.45) is 11.8 Å². The second-order valence-corrected chi connectivity index (χ2v) is 11.6. The smallest absolute Gasteiger partial charge is 0.416 e. The van der Waals surface area contributed by atoms with Crippen LogP contribution in [0.5, 0.6) is 0 Å². The maximum Gasteiger partial charge on any atom is 0.416 e. The van der Waals surface area contributed by atoms with Crippen molar-refractivity contribution < 1.29 is 36.3 Å². The molecule has 1 aromatic carbocycles. The molecule has 0 bridgehead atoms. The third kappa shape index (κ3) is 6.54. The van der Waals surface area contributed by atoms with Crippen LogP contribution in [0.2, 0.25) is 5.02 Å². The Labute approximate surface area is 216 Å². The van der Waals surface area contributed by atoms with Crippen LogP contribution >= 0.6 is 11.6 Å². The summed E-state index contributed by atoms with van der Waals surface area (Å²) in [4.78, 5) is 27.5. The maximum atomic E-state index is 13.5. The molecule has 1 amide bonds. The Kier molecular flexibility index (Phi) is 7.45. The third-order valence-electron chi connectivity index (χ3n) is 6.67. The molecule has 3 atom stereocenters. The van der Waals surface area contributed by atoms with Crippen molar-refractivity contribution in [2.45, 2.75) is 31.6 Å². The normalized spacial score (nSPS) is 21.9. The molecule has 1 unspecified atom stereocenters. The fourth-order valence-corrected chi connectivity index (χ4v) is 5.90. The second-order valence-electron chi connectivity index (χ2n) is 9.45. The maximum absolute atomic E-state index is 13.5. The molecule has 4 rings (SSSR count). The number of hydrogen-bond acceptors (Lipinski definition) is 6. The number of benzene rings is 1. The van der Waals surface area contributed by atoms with Crippen molar-refractivity contribution in [1.29, 1.82) is 0 Å². The van der Waals surface area contributed by atoms with Gasteiger partial charge in [-0.15, -0.1) is 5.10 Å². The highest BCUT2D eigenvalue weighted by Gasteiger charge is 2.45. The molecule has 1 aliphatic carbocycles. The van der Waals surface area contributed by atoms with Crippen LogP contribution in [0.4, 0.5) is 23.8 Å². The van der Waals surface area contributed by atoms with Crippen molar-refractivity contribution in [3.8, 4) is 0 Å². The number of carbonyl (C=O) groups excluding carboxylic acids is 1. The van der Waals surface area contributed by atoms with Crippen LogP contribution in [-0.2, 0) is 27.5 Å². The van der Waals surface area contributed by atoms with E-state index in [4.69, 9.17) is 11.6 Å². The van der Waals surface area contributed by atoms with Gasteiger partial charge in [-0.2, -0.15) is 17.9 Å².